The van der Waals surface area contributed by atoms with Gasteiger partial charge in [0, 0.05) is 25.4 Å². The molecule has 0 aliphatic rings. The van der Waals surface area contributed by atoms with Crippen molar-refractivity contribution >= 4 is 27.5 Å². The summed E-state index contributed by atoms with van der Waals surface area (Å²) in [5.74, 6) is 1.37. The van der Waals surface area contributed by atoms with Gasteiger partial charge in [-0.3, -0.25) is 14.2 Å². The normalized spacial score (nSPS) is 10.8. The third-order valence-corrected chi connectivity index (χ3v) is 5.10. The molecule has 2 heterocycles. The molecule has 1 aromatic carbocycles. The molecule has 0 aliphatic carbocycles. The predicted molar refractivity (Wildman–Crippen MR) is 118 cm³/mol. The van der Waals surface area contributed by atoms with Crippen LogP contribution < -0.4 is 14.8 Å². The SMILES string of the molecule is CCOc1ccc(Cn2cc(NC(=O)CCn3cc(Br)c(C)n3)cn2)cc1OCC. The Morgan fingerprint density at radius 1 is 1.13 bits per heavy atom. The van der Waals surface area contributed by atoms with E-state index in [-0.39, 0.29) is 5.91 Å². The summed E-state index contributed by atoms with van der Waals surface area (Å²) in [5.41, 5.74) is 2.59. The Balaban J connectivity index is 1.56. The van der Waals surface area contributed by atoms with Gasteiger partial charge in [-0.2, -0.15) is 10.2 Å². The zero-order chi connectivity index (χ0) is 21.5. The number of aromatic nitrogens is 4. The number of rotatable bonds is 10. The molecule has 0 bridgehead atoms. The third-order valence-electron chi connectivity index (χ3n) is 4.32. The maximum atomic E-state index is 12.2. The van der Waals surface area contributed by atoms with Crippen LogP contribution in [0.1, 0.15) is 31.5 Å². The average molecular weight is 476 g/mol. The second kappa shape index (κ2) is 10.3. The number of aryl methyl sites for hydroxylation is 2. The molecule has 3 rings (SSSR count). The van der Waals surface area contributed by atoms with Crippen LogP contribution in [0.4, 0.5) is 5.69 Å². The van der Waals surface area contributed by atoms with Crippen molar-refractivity contribution in [1.29, 1.82) is 0 Å². The number of carbonyl (C=O) groups is 1. The highest BCUT2D eigenvalue weighted by Crippen LogP contribution is 2.29. The molecule has 9 heteroatoms. The summed E-state index contributed by atoms with van der Waals surface area (Å²) in [6.45, 7) is 8.02. The number of anilines is 1. The van der Waals surface area contributed by atoms with E-state index in [2.05, 4.69) is 31.4 Å². The van der Waals surface area contributed by atoms with Gasteiger partial charge in [0.05, 0.1) is 41.8 Å². The molecule has 0 saturated carbocycles. The summed E-state index contributed by atoms with van der Waals surface area (Å²) in [6.07, 6.45) is 5.65. The second-order valence-electron chi connectivity index (χ2n) is 6.70. The summed E-state index contributed by atoms with van der Waals surface area (Å²) in [6, 6.07) is 5.85. The lowest BCUT2D eigenvalue weighted by molar-refractivity contribution is -0.116. The van der Waals surface area contributed by atoms with Gasteiger partial charge in [0.15, 0.2) is 11.5 Å². The Morgan fingerprint density at radius 3 is 2.60 bits per heavy atom. The maximum Gasteiger partial charge on any atom is 0.226 e. The third kappa shape index (κ3) is 5.85. The van der Waals surface area contributed by atoms with Crippen molar-refractivity contribution in [2.24, 2.45) is 0 Å². The summed E-state index contributed by atoms with van der Waals surface area (Å²) in [4.78, 5) is 12.2. The number of hydrogen-bond acceptors (Lipinski definition) is 5. The molecule has 0 unspecified atom stereocenters. The van der Waals surface area contributed by atoms with E-state index < -0.39 is 0 Å². The smallest absolute Gasteiger partial charge is 0.226 e. The molecule has 0 fully saturated rings. The zero-order valence-electron chi connectivity index (χ0n) is 17.4. The highest BCUT2D eigenvalue weighted by molar-refractivity contribution is 9.10. The average Bonchev–Trinajstić information content (AvgIpc) is 3.28. The number of hydrogen-bond donors (Lipinski definition) is 1. The largest absolute Gasteiger partial charge is 0.490 e. The van der Waals surface area contributed by atoms with Gasteiger partial charge >= 0.3 is 0 Å². The Labute approximate surface area is 184 Å². The summed E-state index contributed by atoms with van der Waals surface area (Å²) >= 11 is 3.42. The molecule has 8 nitrogen and oxygen atoms in total. The molecule has 3 aromatic rings. The number of halogens is 1. The van der Waals surface area contributed by atoms with Gasteiger partial charge in [0.2, 0.25) is 5.91 Å². The van der Waals surface area contributed by atoms with Crippen LogP contribution in [-0.2, 0) is 17.9 Å². The lowest BCUT2D eigenvalue weighted by Crippen LogP contribution is -2.14. The lowest BCUT2D eigenvalue weighted by Gasteiger charge is -2.12. The van der Waals surface area contributed by atoms with Crippen molar-refractivity contribution in [2.75, 3.05) is 18.5 Å². The molecule has 0 spiro atoms. The minimum absolute atomic E-state index is 0.0847. The zero-order valence-corrected chi connectivity index (χ0v) is 19.0. The highest BCUT2D eigenvalue weighted by Gasteiger charge is 2.09. The first-order valence-electron chi connectivity index (χ1n) is 9.88. The fourth-order valence-corrected chi connectivity index (χ4v) is 3.26. The molecule has 30 heavy (non-hydrogen) atoms. The Hall–Kier alpha value is -2.81. The lowest BCUT2D eigenvalue weighted by atomic mass is 10.2. The molecular weight excluding hydrogens is 450 g/mol. The molecule has 2 aromatic heterocycles. The van der Waals surface area contributed by atoms with Crippen molar-refractivity contribution in [1.82, 2.24) is 19.6 Å². The van der Waals surface area contributed by atoms with Crippen LogP contribution in [0.5, 0.6) is 11.5 Å². The quantitative estimate of drug-likeness (QED) is 0.478. The monoisotopic (exact) mass is 475 g/mol. The topological polar surface area (TPSA) is 83.2 Å². The summed E-state index contributed by atoms with van der Waals surface area (Å²) in [5, 5.41) is 11.5. The van der Waals surface area contributed by atoms with Gasteiger partial charge in [0.1, 0.15) is 0 Å². The minimum Gasteiger partial charge on any atom is -0.490 e. The van der Waals surface area contributed by atoms with E-state index in [0.29, 0.717) is 38.4 Å². The number of benzene rings is 1. The van der Waals surface area contributed by atoms with Crippen molar-refractivity contribution in [3.8, 4) is 11.5 Å². The van der Waals surface area contributed by atoms with Crippen LogP contribution in [0.3, 0.4) is 0 Å². The van der Waals surface area contributed by atoms with Gasteiger partial charge in [-0.1, -0.05) is 6.07 Å². The summed E-state index contributed by atoms with van der Waals surface area (Å²) < 4.78 is 15.7. The maximum absolute atomic E-state index is 12.2. The van der Waals surface area contributed by atoms with Crippen molar-refractivity contribution in [2.45, 2.75) is 40.3 Å². The fraction of sp³-hybridized carbons (Fsp3) is 0.381. The van der Waals surface area contributed by atoms with Crippen LogP contribution in [0.25, 0.3) is 0 Å². The van der Waals surface area contributed by atoms with Gasteiger partial charge in [-0.15, -0.1) is 0 Å². The fourth-order valence-electron chi connectivity index (χ4n) is 2.94. The van der Waals surface area contributed by atoms with E-state index in [1.165, 1.54) is 0 Å². The predicted octanol–water partition coefficient (Wildman–Crippen LogP) is 4.03. The van der Waals surface area contributed by atoms with Gasteiger partial charge in [0.25, 0.3) is 0 Å². The Bertz CT molecular complexity index is 979. The first kappa shape index (κ1) is 21.9. The van der Waals surface area contributed by atoms with E-state index in [1.54, 1.807) is 15.6 Å². The first-order valence-corrected chi connectivity index (χ1v) is 10.7. The Kier molecular flexibility index (Phi) is 7.51. The van der Waals surface area contributed by atoms with Crippen molar-refractivity contribution in [3.05, 3.63) is 52.5 Å². The van der Waals surface area contributed by atoms with Crippen molar-refractivity contribution < 1.29 is 14.3 Å². The highest BCUT2D eigenvalue weighted by atomic mass is 79.9. The van der Waals surface area contributed by atoms with Crippen LogP contribution in [0.2, 0.25) is 0 Å². The number of nitrogens with zero attached hydrogens (tertiary/aromatic N) is 4. The summed E-state index contributed by atoms with van der Waals surface area (Å²) in [7, 11) is 0. The number of carbonyl (C=O) groups excluding carboxylic acids is 1. The minimum atomic E-state index is -0.0847. The molecular formula is C21H26BrN5O3. The molecule has 1 amide bonds. The van der Waals surface area contributed by atoms with E-state index in [0.717, 1.165) is 27.2 Å². The van der Waals surface area contributed by atoms with Crippen LogP contribution in [0.15, 0.2) is 41.3 Å². The van der Waals surface area contributed by atoms with Gasteiger partial charge in [-0.25, -0.2) is 0 Å². The molecule has 1 N–H and O–H groups in total. The Morgan fingerprint density at radius 2 is 1.90 bits per heavy atom. The van der Waals surface area contributed by atoms with E-state index in [1.807, 2.05) is 51.4 Å². The number of amides is 1. The standard InChI is InChI=1S/C21H26BrN5O3/c1-4-29-19-7-6-16(10-20(19)30-5-2)12-27-13-17(11-23-27)24-21(28)8-9-26-14-18(22)15(3)25-26/h6-7,10-11,13-14H,4-5,8-9,12H2,1-3H3,(H,24,28). The van der Waals surface area contributed by atoms with Crippen molar-refractivity contribution in [3.63, 3.8) is 0 Å². The number of ether oxygens (including phenoxy) is 2. The molecule has 0 saturated heterocycles. The first-order chi connectivity index (χ1) is 14.5. The molecule has 160 valence electrons. The van der Waals surface area contributed by atoms with Gasteiger partial charge < -0.3 is 14.8 Å². The van der Waals surface area contributed by atoms with Gasteiger partial charge in [-0.05, 0) is 54.4 Å². The van der Waals surface area contributed by atoms with Crippen LogP contribution >= 0.6 is 15.9 Å². The van der Waals surface area contributed by atoms with E-state index >= 15 is 0 Å². The molecule has 0 atom stereocenters. The second-order valence-corrected chi connectivity index (χ2v) is 7.55. The molecule has 0 radical (unpaired) electrons. The van der Waals surface area contributed by atoms with E-state index in [9.17, 15) is 4.79 Å². The van der Waals surface area contributed by atoms with E-state index in [4.69, 9.17) is 9.47 Å². The number of nitrogens with one attached hydrogen (secondary N) is 1. The molecule has 0 aliphatic heterocycles. The van der Waals surface area contributed by atoms with Crippen LogP contribution in [0, 0.1) is 6.92 Å². The van der Waals surface area contributed by atoms with Crippen LogP contribution in [-0.4, -0.2) is 38.7 Å².